The Balaban J connectivity index is 2.65. The van der Waals surface area contributed by atoms with Crippen LogP contribution in [0.2, 0.25) is 0 Å². The van der Waals surface area contributed by atoms with Gasteiger partial charge in [0.05, 0.1) is 0 Å². The molecule has 0 atom stereocenters. The minimum absolute atomic E-state index is 0.00273. The molecule has 0 radical (unpaired) electrons. The number of benzene rings is 1. The van der Waals surface area contributed by atoms with Crippen molar-refractivity contribution in [2.75, 3.05) is 4.90 Å². The first-order valence-corrected chi connectivity index (χ1v) is 6.92. The monoisotopic (exact) mass is 399 g/mol. The number of fused-ring (bicyclic) bond motifs is 1. The Hall–Kier alpha value is -2.92. The van der Waals surface area contributed by atoms with Gasteiger partial charge in [0.2, 0.25) is 5.91 Å². The molecule has 0 aliphatic rings. The van der Waals surface area contributed by atoms with Crippen LogP contribution in [0.25, 0.3) is 11.0 Å². The summed E-state index contributed by atoms with van der Waals surface area (Å²) in [5.74, 6) is -18.1. The second-order valence-electron chi connectivity index (χ2n) is 5.26. The van der Waals surface area contributed by atoms with Crippen molar-refractivity contribution in [2.45, 2.75) is 24.9 Å². The van der Waals surface area contributed by atoms with Gasteiger partial charge in [-0.25, -0.2) is 9.69 Å². The number of carbonyl (C=O) groups is 2. The Bertz CT molecular complexity index is 965. The van der Waals surface area contributed by atoms with Gasteiger partial charge in [0.25, 0.3) is 0 Å². The topological polar surface area (TPSA) is 67.6 Å². The van der Waals surface area contributed by atoms with Gasteiger partial charge in [-0.05, 0) is 12.1 Å². The molecule has 5 nitrogen and oxygen atoms in total. The van der Waals surface area contributed by atoms with E-state index in [1.54, 1.807) is 0 Å². The summed E-state index contributed by atoms with van der Waals surface area (Å²) in [7, 11) is 0. The highest BCUT2D eigenvalue weighted by atomic mass is 19.4. The summed E-state index contributed by atoms with van der Waals surface area (Å²) in [6, 6.07) is 6.00. The van der Waals surface area contributed by atoms with Crippen LogP contribution in [0.4, 0.5) is 36.4 Å². The van der Waals surface area contributed by atoms with Gasteiger partial charge >= 0.3 is 29.6 Å². The maximum atomic E-state index is 13.7. The Kier molecular flexibility index (Phi) is 4.80. The highest BCUT2D eigenvalue weighted by Gasteiger charge is 2.77. The second kappa shape index (κ2) is 6.35. The zero-order chi connectivity index (χ0) is 20.8. The summed E-state index contributed by atoms with van der Waals surface area (Å²) in [6.07, 6.45) is -6.79. The Morgan fingerprint density at radius 2 is 1.56 bits per heavy atom. The first-order chi connectivity index (χ1) is 12.2. The SMILES string of the molecule is CC(=O)N(C(=O)C(F)(F)C(F)(F)C(F)(F)F)c1cc2ccccc2oc1=O. The Morgan fingerprint density at radius 1 is 1.00 bits per heavy atom. The molecule has 0 saturated heterocycles. The van der Waals surface area contributed by atoms with Gasteiger partial charge in [-0.3, -0.25) is 9.59 Å². The van der Waals surface area contributed by atoms with Crippen molar-refractivity contribution in [3.63, 3.8) is 0 Å². The summed E-state index contributed by atoms with van der Waals surface area (Å²) in [5.41, 5.74) is -2.90. The molecule has 2 amide bonds. The van der Waals surface area contributed by atoms with E-state index in [9.17, 15) is 45.1 Å². The molecule has 0 aliphatic heterocycles. The highest BCUT2D eigenvalue weighted by Crippen LogP contribution is 2.47. The summed E-state index contributed by atoms with van der Waals surface area (Å²) >= 11 is 0. The Labute approximate surface area is 145 Å². The van der Waals surface area contributed by atoms with Gasteiger partial charge < -0.3 is 4.42 Å². The van der Waals surface area contributed by atoms with E-state index in [1.807, 2.05) is 0 Å². The first kappa shape index (κ1) is 20.4. The average molecular weight is 399 g/mol. The van der Waals surface area contributed by atoms with Crippen LogP contribution in [0, 0.1) is 0 Å². The lowest BCUT2D eigenvalue weighted by atomic mass is 10.1. The number of anilines is 1. The van der Waals surface area contributed by atoms with E-state index in [4.69, 9.17) is 0 Å². The molecule has 2 rings (SSSR count). The lowest BCUT2D eigenvalue weighted by molar-refractivity contribution is -0.343. The van der Waals surface area contributed by atoms with Crippen LogP contribution >= 0.6 is 0 Å². The quantitative estimate of drug-likeness (QED) is 0.585. The van der Waals surface area contributed by atoms with Crippen molar-refractivity contribution in [3.05, 3.63) is 40.8 Å². The van der Waals surface area contributed by atoms with Crippen molar-refractivity contribution in [1.82, 2.24) is 0 Å². The van der Waals surface area contributed by atoms with E-state index in [0.29, 0.717) is 13.0 Å². The van der Waals surface area contributed by atoms with Crippen molar-refractivity contribution < 1.29 is 44.7 Å². The normalized spacial score (nSPS) is 12.9. The zero-order valence-corrected chi connectivity index (χ0v) is 13.1. The number of carbonyl (C=O) groups excluding carboxylic acids is 2. The second-order valence-corrected chi connectivity index (χ2v) is 5.26. The third-order valence-corrected chi connectivity index (χ3v) is 3.40. The largest absolute Gasteiger partial charge is 0.460 e. The smallest absolute Gasteiger partial charge is 0.421 e. The van der Waals surface area contributed by atoms with E-state index in [0.717, 1.165) is 0 Å². The van der Waals surface area contributed by atoms with Crippen molar-refractivity contribution in [3.8, 4) is 0 Å². The number of alkyl halides is 7. The molecule has 0 aliphatic carbocycles. The summed E-state index contributed by atoms with van der Waals surface area (Å²) in [4.78, 5) is 34.5. The molecule has 0 spiro atoms. The third-order valence-electron chi connectivity index (χ3n) is 3.40. The molecular formula is C15H8F7NO4. The molecule has 0 bridgehead atoms. The number of para-hydroxylation sites is 1. The molecule has 0 saturated carbocycles. The molecule has 0 N–H and O–H groups in total. The van der Waals surface area contributed by atoms with Crippen molar-refractivity contribution in [2.24, 2.45) is 0 Å². The number of rotatable bonds is 3. The molecular weight excluding hydrogens is 391 g/mol. The molecule has 0 fully saturated rings. The highest BCUT2D eigenvalue weighted by molar-refractivity contribution is 6.17. The van der Waals surface area contributed by atoms with Gasteiger partial charge in [0.15, 0.2) is 0 Å². The maximum absolute atomic E-state index is 13.7. The maximum Gasteiger partial charge on any atom is 0.460 e. The van der Waals surface area contributed by atoms with Crippen molar-refractivity contribution >= 4 is 28.5 Å². The lowest BCUT2D eigenvalue weighted by Crippen LogP contribution is -2.61. The van der Waals surface area contributed by atoms with E-state index in [2.05, 4.69) is 4.42 Å². The predicted octanol–water partition coefficient (Wildman–Crippen LogP) is 3.51. The molecule has 2 aromatic rings. The third kappa shape index (κ3) is 3.26. The molecule has 1 aromatic carbocycles. The van der Waals surface area contributed by atoms with Crippen LogP contribution in [-0.2, 0) is 9.59 Å². The molecule has 1 aromatic heterocycles. The van der Waals surface area contributed by atoms with Crippen LogP contribution in [0.15, 0.2) is 39.5 Å². The fourth-order valence-corrected chi connectivity index (χ4v) is 2.08. The van der Waals surface area contributed by atoms with E-state index in [-0.39, 0.29) is 11.0 Å². The Morgan fingerprint density at radius 3 is 2.07 bits per heavy atom. The minimum Gasteiger partial charge on any atom is -0.421 e. The average Bonchev–Trinajstić information content (AvgIpc) is 2.53. The van der Waals surface area contributed by atoms with Crippen LogP contribution in [0.3, 0.4) is 0 Å². The fourth-order valence-electron chi connectivity index (χ4n) is 2.08. The van der Waals surface area contributed by atoms with Crippen molar-refractivity contribution in [1.29, 1.82) is 0 Å². The number of hydrogen-bond acceptors (Lipinski definition) is 4. The van der Waals surface area contributed by atoms with E-state index < -0.39 is 46.0 Å². The number of nitrogens with zero attached hydrogens (tertiary/aromatic N) is 1. The molecule has 0 unspecified atom stereocenters. The van der Waals surface area contributed by atoms with Gasteiger partial charge in [-0.1, -0.05) is 18.2 Å². The predicted molar refractivity (Wildman–Crippen MR) is 76.6 cm³/mol. The summed E-state index contributed by atoms with van der Waals surface area (Å²) in [5, 5.41) is -0.00273. The zero-order valence-electron chi connectivity index (χ0n) is 13.1. The van der Waals surface area contributed by atoms with E-state index in [1.165, 1.54) is 24.3 Å². The van der Waals surface area contributed by atoms with Gasteiger partial charge in [0, 0.05) is 12.3 Å². The van der Waals surface area contributed by atoms with Crippen LogP contribution in [0.1, 0.15) is 6.92 Å². The molecule has 146 valence electrons. The van der Waals surface area contributed by atoms with Crippen LogP contribution < -0.4 is 10.5 Å². The summed E-state index contributed by atoms with van der Waals surface area (Å²) < 4.78 is 95.1. The lowest BCUT2D eigenvalue weighted by Gasteiger charge is -2.30. The number of amides is 2. The molecule has 12 heteroatoms. The molecule has 27 heavy (non-hydrogen) atoms. The van der Waals surface area contributed by atoms with Gasteiger partial charge in [-0.2, -0.15) is 30.7 Å². The van der Waals surface area contributed by atoms with Crippen LogP contribution in [0.5, 0.6) is 0 Å². The van der Waals surface area contributed by atoms with Crippen LogP contribution in [-0.4, -0.2) is 29.8 Å². The summed E-state index contributed by atoms with van der Waals surface area (Å²) in [6.45, 7) is 0.425. The molecule has 1 heterocycles. The van der Waals surface area contributed by atoms with Gasteiger partial charge in [0.1, 0.15) is 11.3 Å². The van der Waals surface area contributed by atoms with Gasteiger partial charge in [-0.15, -0.1) is 0 Å². The standard InChI is InChI=1S/C15H8F7NO4/c1-7(24)23(12(26)13(16,17)14(18,19)15(20,21)22)9-6-8-4-2-3-5-10(8)27-11(9)25/h2-6H,1H3. The van der Waals surface area contributed by atoms with E-state index >= 15 is 0 Å². The fraction of sp³-hybridized carbons (Fsp3) is 0.267. The first-order valence-electron chi connectivity index (χ1n) is 6.92. The number of halogens is 7. The number of imide groups is 1. The number of hydrogen-bond donors (Lipinski definition) is 0. The minimum atomic E-state index is -6.79.